The number of hydrogen-bond acceptors (Lipinski definition) is 4. The van der Waals surface area contributed by atoms with Gasteiger partial charge >= 0.3 is 0 Å². The van der Waals surface area contributed by atoms with E-state index in [0.29, 0.717) is 12.8 Å². The molecule has 0 aromatic heterocycles. The quantitative estimate of drug-likeness (QED) is 0.659. The van der Waals surface area contributed by atoms with Crippen LogP contribution < -0.4 is 0 Å². The van der Waals surface area contributed by atoms with Crippen LogP contribution in [0.1, 0.15) is 31.7 Å². The zero-order valence-electron chi connectivity index (χ0n) is 9.72. The van der Waals surface area contributed by atoms with Crippen LogP contribution in [0.5, 0.6) is 0 Å². The molecule has 1 fully saturated rings. The standard InChI is InChI=1S/C12H16O4S/c1-2-10-4-6-11(7-5-10)17(14,15)16-12(13)8-3-9-12/h4-7,13H,2-3,8-9H2,1H3. The van der Waals surface area contributed by atoms with Crippen LogP contribution >= 0.6 is 0 Å². The van der Waals surface area contributed by atoms with E-state index in [9.17, 15) is 13.5 Å². The van der Waals surface area contributed by atoms with Crippen LogP contribution in [-0.2, 0) is 20.7 Å². The molecule has 1 aromatic rings. The van der Waals surface area contributed by atoms with E-state index in [4.69, 9.17) is 4.18 Å². The van der Waals surface area contributed by atoms with Crippen molar-refractivity contribution in [2.24, 2.45) is 0 Å². The molecule has 0 amide bonds. The number of benzene rings is 1. The lowest BCUT2D eigenvalue weighted by atomic mass is 9.92. The molecule has 94 valence electrons. The van der Waals surface area contributed by atoms with E-state index in [2.05, 4.69) is 0 Å². The number of rotatable bonds is 4. The summed E-state index contributed by atoms with van der Waals surface area (Å²) in [7, 11) is -3.85. The molecule has 4 nitrogen and oxygen atoms in total. The van der Waals surface area contributed by atoms with Crippen LogP contribution in [0.25, 0.3) is 0 Å². The third kappa shape index (κ3) is 2.68. The maximum absolute atomic E-state index is 11.9. The summed E-state index contributed by atoms with van der Waals surface area (Å²) in [5, 5.41) is 9.71. The van der Waals surface area contributed by atoms with E-state index in [1.807, 2.05) is 6.92 Å². The molecule has 0 unspecified atom stereocenters. The average molecular weight is 256 g/mol. The molecular weight excluding hydrogens is 240 g/mol. The van der Waals surface area contributed by atoms with Gasteiger partial charge in [-0.15, -0.1) is 0 Å². The highest BCUT2D eigenvalue weighted by Crippen LogP contribution is 2.35. The molecule has 1 aliphatic carbocycles. The summed E-state index contributed by atoms with van der Waals surface area (Å²) in [6.45, 7) is 2.00. The van der Waals surface area contributed by atoms with Gasteiger partial charge < -0.3 is 5.11 Å². The van der Waals surface area contributed by atoms with Crippen molar-refractivity contribution in [2.75, 3.05) is 0 Å². The molecule has 0 bridgehead atoms. The van der Waals surface area contributed by atoms with Gasteiger partial charge in [-0.05, 0) is 30.5 Å². The van der Waals surface area contributed by atoms with Crippen LogP contribution in [0.15, 0.2) is 29.2 Å². The second-order valence-electron chi connectivity index (χ2n) is 4.33. The highest BCUT2D eigenvalue weighted by molar-refractivity contribution is 7.86. The van der Waals surface area contributed by atoms with E-state index in [1.165, 1.54) is 12.1 Å². The fourth-order valence-corrected chi connectivity index (χ4v) is 2.85. The molecule has 5 heteroatoms. The summed E-state index contributed by atoms with van der Waals surface area (Å²) in [5.74, 6) is -1.48. The second kappa shape index (κ2) is 4.40. The van der Waals surface area contributed by atoms with Crippen molar-refractivity contribution in [3.05, 3.63) is 29.8 Å². The van der Waals surface area contributed by atoms with Gasteiger partial charge in [-0.3, -0.25) is 0 Å². The first-order valence-corrected chi connectivity index (χ1v) is 7.13. The van der Waals surface area contributed by atoms with Crippen LogP contribution in [0, 0.1) is 0 Å². The second-order valence-corrected chi connectivity index (χ2v) is 5.88. The summed E-state index contributed by atoms with van der Waals surface area (Å²) in [6.07, 6.45) is 2.39. The number of aliphatic hydroxyl groups is 1. The van der Waals surface area contributed by atoms with E-state index >= 15 is 0 Å². The zero-order chi connectivity index (χ0) is 12.5. The molecule has 0 aliphatic heterocycles. The van der Waals surface area contributed by atoms with Gasteiger partial charge in [0.05, 0.1) is 4.90 Å². The largest absolute Gasteiger partial charge is 0.364 e. The Morgan fingerprint density at radius 3 is 2.29 bits per heavy atom. The fraction of sp³-hybridized carbons (Fsp3) is 0.500. The van der Waals surface area contributed by atoms with Crippen molar-refractivity contribution in [3.63, 3.8) is 0 Å². The molecule has 0 radical (unpaired) electrons. The van der Waals surface area contributed by atoms with Gasteiger partial charge in [-0.25, -0.2) is 4.18 Å². The van der Waals surface area contributed by atoms with Crippen LogP contribution in [0.3, 0.4) is 0 Å². The Morgan fingerprint density at radius 1 is 1.29 bits per heavy atom. The normalized spacial score (nSPS) is 18.7. The maximum atomic E-state index is 11.9. The minimum atomic E-state index is -3.85. The molecule has 0 saturated heterocycles. The van der Waals surface area contributed by atoms with E-state index in [1.54, 1.807) is 12.1 Å². The van der Waals surface area contributed by atoms with Crippen molar-refractivity contribution in [1.82, 2.24) is 0 Å². The third-order valence-electron chi connectivity index (χ3n) is 3.02. The molecule has 0 heterocycles. The number of aryl methyl sites for hydroxylation is 1. The highest BCUT2D eigenvalue weighted by atomic mass is 32.2. The Labute approximate surface area is 101 Å². The highest BCUT2D eigenvalue weighted by Gasteiger charge is 2.40. The Kier molecular flexibility index (Phi) is 3.25. The smallest absolute Gasteiger partial charge is 0.299 e. The summed E-state index contributed by atoms with van der Waals surface area (Å²) < 4.78 is 28.6. The fourth-order valence-electron chi connectivity index (χ4n) is 1.71. The molecule has 1 aliphatic rings. The van der Waals surface area contributed by atoms with Crippen molar-refractivity contribution >= 4 is 10.1 Å². The minimum Gasteiger partial charge on any atom is -0.364 e. The molecule has 2 rings (SSSR count). The van der Waals surface area contributed by atoms with Gasteiger partial charge in [0.1, 0.15) is 0 Å². The molecule has 0 spiro atoms. The first-order chi connectivity index (χ1) is 7.95. The molecule has 1 saturated carbocycles. The van der Waals surface area contributed by atoms with Gasteiger partial charge in [0, 0.05) is 12.8 Å². The third-order valence-corrected chi connectivity index (χ3v) is 4.40. The van der Waals surface area contributed by atoms with Crippen LogP contribution in [-0.4, -0.2) is 19.3 Å². The van der Waals surface area contributed by atoms with Gasteiger partial charge in [0.15, 0.2) is 5.79 Å². The van der Waals surface area contributed by atoms with Crippen molar-refractivity contribution in [3.8, 4) is 0 Å². The monoisotopic (exact) mass is 256 g/mol. The first-order valence-electron chi connectivity index (χ1n) is 5.72. The van der Waals surface area contributed by atoms with E-state index in [0.717, 1.165) is 18.4 Å². The predicted molar refractivity (Wildman–Crippen MR) is 62.9 cm³/mol. The van der Waals surface area contributed by atoms with Gasteiger partial charge in [0.2, 0.25) is 0 Å². The molecular formula is C12H16O4S. The summed E-state index contributed by atoms with van der Waals surface area (Å²) in [4.78, 5) is 0.0926. The Bertz CT molecular complexity index is 486. The molecule has 1 aromatic carbocycles. The van der Waals surface area contributed by atoms with Crippen LogP contribution in [0.4, 0.5) is 0 Å². The molecule has 0 atom stereocenters. The lowest BCUT2D eigenvalue weighted by molar-refractivity contribution is -0.186. The summed E-state index contributed by atoms with van der Waals surface area (Å²) in [5.41, 5.74) is 1.06. The topological polar surface area (TPSA) is 63.6 Å². The van der Waals surface area contributed by atoms with Gasteiger partial charge in [0.25, 0.3) is 10.1 Å². The zero-order valence-corrected chi connectivity index (χ0v) is 10.5. The lowest BCUT2D eigenvalue weighted by Gasteiger charge is -2.34. The lowest BCUT2D eigenvalue weighted by Crippen LogP contribution is -2.41. The molecule has 17 heavy (non-hydrogen) atoms. The van der Waals surface area contributed by atoms with Crippen molar-refractivity contribution in [2.45, 2.75) is 43.3 Å². The van der Waals surface area contributed by atoms with Gasteiger partial charge in [-0.2, -0.15) is 8.42 Å². The van der Waals surface area contributed by atoms with E-state index < -0.39 is 15.9 Å². The van der Waals surface area contributed by atoms with Gasteiger partial charge in [-0.1, -0.05) is 19.1 Å². The Hall–Kier alpha value is -0.910. The van der Waals surface area contributed by atoms with Crippen molar-refractivity contribution in [1.29, 1.82) is 0 Å². The average Bonchev–Trinajstić information content (AvgIpc) is 2.26. The first kappa shape index (κ1) is 12.5. The van der Waals surface area contributed by atoms with E-state index in [-0.39, 0.29) is 4.90 Å². The van der Waals surface area contributed by atoms with Crippen LogP contribution in [0.2, 0.25) is 0 Å². The number of hydrogen-bond donors (Lipinski definition) is 1. The Balaban J connectivity index is 2.19. The SMILES string of the molecule is CCc1ccc(S(=O)(=O)OC2(O)CCC2)cc1. The van der Waals surface area contributed by atoms with Crippen molar-refractivity contribution < 1.29 is 17.7 Å². The predicted octanol–water partition coefficient (Wildman–Crippen LogP) is 1.83. The summed E-state index contributed by atoms with van der Waals surface area (Å²) in [6, 6.07) is 6.52. The Morgan fingerprint density at radius 2 is 1.88 bits per heavy atom. The maximum Gasteiger partial charge on any atom is 0.299 e. The summed E-state index contributed by atoms with van der Waals surface area (Å²) >= 11 is 0. The molecule has 1 N–H and O–H groups in total. The minimum absolute atomic E-state index is 0.0926.